The SMILES string of the molecule is CCC(=O)N1CCc2cc(S(=O)(=O)N3CC(c4ccccc4)N=C3N)ccc21. The Labute approximate surface area is 164 Å². The predicted molar refractivity (Wildman–Crippen MR) is 107 cm³/mol. The van der Waals surface area contributed by atoms with Gasteiger partial charge < -0.3 is 10.6 Å². The summed E-state index contributed by atoms with van der Waals surface area (Å²) in [7, 11) is -3.82. The first-order chi connectivity index (χ1) is 13.4. The minimum absolute atomic E-state index is 0.00265. The molecule has 0 fully saturated rings. The highest BCUT2D eigenvalue weighted by atomic mass is 32.2. The summed E-state index contributed by atoms with van der Waals surface area (Å²) in [5.74, 6) is 0.0353. The van der Waals surface area contributed by atoms with Gasteiger partial charge in [0.25, 0.3) is 10.0 Å². The van der Waals surface area contributed by atoms with Crippen LogP contribution in [-0.2, 0) is 21.2 Å². The van der Waals surface area contributed by atoms with Crippen LogP contribution in [0.15, 0.2) is 58.4 Å². The number of amides is 1. The molecule has 4 rings (SSSR count). The van der Waals surface area contributed by atoms with E-state index in [0.717, 1.165) is 21.1 Å². The number of guanidine groups is 1. The molecule has 28 heavy (non-hydrogen) atoms. The van der Waals surface area contributed by atoms with Crippen molar-refractivity contribution in [3.05, 3.63) is 59.7 Å². The van der Waals surface area contributed by atoms with Gasteiger partial charge in [0, 0.05) is 18.7 Å². The summed E-state index contributed by atoms with van der Waals surface area (Å²) in [5.41, 5.74) is 8.54. The lowest BCUT2D eigenvalue weighted by atomic mass is 10.1. The molecular weight excluding hydrogens is 376 g/mol. The molecular formula is C20H22N4O3S. The van der Waals surface area contributed by atoms with Gasteiger partial charge in [-0.15, -0.1) is 0 Å². The van der Waals surface area contributed by atoms with Crippen LogP contribution >= 0.6 is 0 Å². The number of nitrogens with two attached hydrogens (primary N) is 1. The average Bonchev–Trinajstić information content (AvgIpc) is 3.31. The fourth-order valence-corrected chi connectivity index (χ4v) is 5.12. The molecule has 7 nitrogen and oxygen atoms in total. The van der Waals surface area contributed by atoms with Gasteiger partial charge in [-0.05, 0) is 35.7 Å². The smallest absolute Gasteiger partial charge is 0.266 e. The van der Waals surface area contributed by atoms with Gasteiger partial charge in [0.15, 0.2) is 0 Å². The first kappa shape index (κ1) is 18.5. The quantitative estimate of drug-likeness (QED) is 0.852. The molecule has 2 aliphatic rings. The van der Waals surface area contributed by atoms with Gasteiger partial charge in [-0.25, -0.2) is 17.7 Å². The predicted octanol–water partition coefficient (Wildman–Crippen LogP) is 2.05. The number of rotatable bonds is 4. The van der Waals surface area contributed by atoms with Crippen LogP contribution in [0.3, 0.4) is 0 Å². The Morgan fingerprint density at radius 2 is 1.96 bits per heavy atom. The Balaban J connectivity index is 1.62. The van der Waals surface area contributed by atoms with E-state index in [4.69, 9.17) is 5.73 Å². The minimum atomic E-state index is -3.82. The molecule has 146 valence electrons. The number of anilines is 1. The van der Waals surface area contributed by atoms with E-state index in [1.807, 2.05) is 37.3 Å². The maximum atomic E-state index is 13.2. The van der Waals surface area contributed by atoms with Crippen LogP contribution in [0.5, 0.6) is 0 Å². The highest BCUT2D eigenvalue weighted by molar-refractivity contribution is 7.89. The fourth-order valence-electron chi connectivity index (χ4n) is 3.71. The van der Waals surface area contributed by atoms with E-state index in [9.17, 15) is 13.2 Å². The third-order valence-electron chi connectivity index (χ3n) is 5.20. The van der Waals surface area contributed by atoms with Crippen molar-refractivity contribution < 1.29 is 13.2 Å². The molecule has 2 aromatic carbocycles. The van der Waals surface area contributed by atoms with Crippen molar-refractivity contribution in [3.63, 3.8) is 0 Å². The van der Waals surface area contributed by atoms with Gasteiger partial charge in [0.05, 0.1) is 17.5 Å². The summed E-state index contributed by atoms with van der Waals surface area (Å²) in [6.45, 7) is 2.57. The maximum Gasteiger partial charge on any atom is 0.266 e. The number of aliphatic imine (C=N–C) groups is 1. The molecule has 2 N–H and O–H groups in total. The third kappa shape index (κ3) is 3.03. The van der Waals surface area contributed by atoms with Crippen LogP contribution in [0.2, 0.25) is 0 Å². The highest BCUT2D eigenvalue weighted by Crippen LogP contribution is 2.33. The van der Waals surface area contributed by atoms with Crippen LogP contribution in [-0.4, -0.2) is 37.7 Å². The lowest BCUT2D eigenvalue weighted by Gasteiger charge is -2.20. The van der Waals surface area contributed by atoms with Crippen molar-refractivity contribution in [2.75, 3.05) is 18.0 Å². The number of nitrogens with zero attached hydrogens (tertiary/aromatic N) is 3. The van der Waals surface area contributed by atoms with E-state index in [1.54, 1.807) is 23.1 Å². The second-order valence-electron chi connectivity index (χ2n) is 6.89. The summed E-state index contributed by atoms with van der Waals surface area (Å²) in [4.78, 5) is 18.3. The first-order valence-electron chi connectivity index (χ1n) is 9.26. The first-order valence-corrected chi connectivity index (χ1v) is 10.7. The summed E-state index contributed by atoms with van der Waals surface area (Å²) in [6, 6.07) is 14.1. The van der Waals surface area contributed by atoms with Crippen molar-refractivity contribution in [1.29, 1.82) is 0 Å². The Morgan fingerprint density at radius 3 is 2.68 bits per heavy atom. The number of hydrogen-bond acceptors (Lipinski definition) is 5. The van der Waals surface area contributed by atoms with Crippen LogP contribution in [0, 0.1) is 0 Å². The fraction of sp³-hybridized carbons (Fsp3) is 0.300. The number of hydrogen-bond donors (Lipinski definition) is 1. The summed E-state index contributed by atoms with van der Waals surface area (Å²) < 4.78 is 27.5. The van der Waals surface area contributed by atoms with Gasteiger partial charge in [-0.1, -0.05) is 37.3 Å². The highest BCUT2D eigenvalue weighted by Gasteiger charge is 2.35. The van der Waals surface area contributed by atoms with Gasteiger partial charge in [0.1, 0.15) is 0 Å². The monoisotopic (exact) mass is 398 g/mol. The van der Waals surface area contributed by atoms with Gasteiger partial charge >= 0.3 is 0 Å². The van der Waals surface area contributed by atoms with E-state index < -0.39 is 10.0 Å². The van der Waals surface area contributed by atoms with Crippen LogP contribution in [0.4, 0.5) is 5.69 Å². The molecule has 8 heteroatoms. The zero-order valence-corrected chi connectivity index (χ0v) is 16.4. The molecule has 0 saturated heterocycles. The summed E-state index contributed by atoms with van der Waals surface area (Å²) >= 11 is 0. The maximum absolute atomic E-state index is 13.2. The lowest BCUT2D eigenvalue weighted by Crippen LogP contribution is -2.39. The van der Waals surface area contributed by atoms with Gasteiger partial charge in [-0.2, -0.15) is 0 Å². The minimum Gasteiger partial charge on any atom is -0.369 e. The molecule has 0 spiro atoms. The molecule has 1 amide bonds. The number of benzene rings is 2. The molecule has 0 saturated carbocycles. The molecule has 0 bridgehead atoms. The number of carbonyl (C=O) groups is 1. The third-order valence-corrected chi connectivity index (χ3v) is 6.97. The molecule has 0 radical (unpaired) electrons. The van der Waals surface area contributed by atoms with Gasteiger partial charge in [0.2, 0.25) is 11.9 Å². The molecule has 0 aromatic heterocycles. The molecule has 2 heterocycles. The summed E-state index contributed by atoms with van der Waals surface area (Å²) in [5, 5.41) is 0. The van der Waals surface area contributed by atoms with Crippen LogP contribution in [0.25, 0.3) is 0 Å². The van der Waals surface area contributed by atoms with Crippen LogP contribution in [0.1, 0.15) is 30.5 Å². The molecule has 1 unspecified atom stereocenters. The van der Waals surface area contributed by atoms with Crippen molar-refractivity contribution in [3.8, 4) is 0 Å². The van der Waals surface area contributed by atoms with E-state index in [0.29, 0.717) is 19.4 Å². The average molecular weight is 398 g/mol. The second kappa shape index (κ2) is 6.94. The number of fused-ring (bicyclic) bond motifs is 1. The van der Waals surface area contributed by atoms with Crippen molar-refractivity contribution in [2.24, 2.45) is 10.7 Å². The van der Waals surface area contributed by atoms with E-state index in [2.05, 4.69) is 4.99 Å². The van der Waals surface area contributed by atoms with E-state index in [-0.39, 0.29) is 29.3 Å². The zero-order valence-electron chi connectivity index (χ0n) is 15.6. The van der Waals surface area contributed by atoms with E-state index in [1.165, 1.54) is 0 Å². The number of carbonyl (C=O) groups excluding carboxylic acids is 1. The molecule has 0 aliphatic carbocycles. The van der Waals surface area contributed by atoms with Crippen LogP contribution < -0.4 is 10.6 Å². The largest absolute Gasteiger partial charge is 0.369 e. The zero-order chi connectivity index (χ0) is 19.9. The Kier molecular flexibility index (Phi) is 4.58. The Morgan fingerprint density at radius 1 is 1.21 bits per heavy atom. The molecule has 2 aromatic rings. The van der Waals surface area contributed by atoms with Gasteiger partial charge in [-0.3, -0.25) is 4.79 Å². The topological polar surface area (TPSA) is 96.1 Å². The number of sulfonamides is 1. The van der Waals surface area contributed by atoms with Crippen molar-refractivity contribution >= 4 is 27.6 Å². The lowest BCUT2D eigenvalue weighted by molar-refractivity contribution is -0.118. The van der Waals surface area contributed by atoms with E-state index >= 15 is 0 Å². The van der Waals surface area contributed by atoms with Crippen molar-refractivity contribution in [1.82, 2.24) is 4.31 Å². The Hall–Kier alpha value is -2.87. The molecule has 2 aliphatic heterocycles. The standard InChI is InChI=1S/C20H22N4O3S/c1-2-19(25)23-11-10-15-12-16(8-9-18(15)23)28(26,27)24-13-17(22-20(24)21)14-6-4-3-5-7-14/h3-9,12,17H,2,10-11,13H2,1H3,(H2,21,22). The Bertz CT molecular complexity index is 1050. The normalized spacial score (nSPS) is 18.9. The van der Waals surface area contributed by atoms with Crippen molar-refractivity contribution in [2.45, 2.75) is 30.7 Å². The molecule has 1 atom stereocenters. The second-order valence-corrected chi connectivity index (χ2v) is 8.75. The summed E-state index contributed by atoms with van der Waals surface area (Å²) in [6.07, 6.45) is 1.06.